The van der Waals surface area contributed by atoms with Crippen LogP contribution in [-0.2, 0) is 22.3 Å². The van der Waals surface area contributed by atoms with Crippen LogP contribution in [0.4, 0.5) is 4.39 Å². The van der Waals surface area contributed by atoms with Gasteiger partial charge in [-0.1, -0.05) is 28.9 Å². The number of hydrogen-bond donors (Lipinski definition) is 1. The standard InChI is InChI=1S/C16H13ClFN3O3S/c17-13-6-4-12(5-7-13)16-20-15(21-24-16)9-19-25(22,23)10-11-2-1-3-14(18)8-11/h1-8,19H,9-10H2. The Labute approximate surface area is 148 Å². The monoisotopic (exact) mass is 381 g/mol. The van der Waals surface area contributed by atoms with Gasteiger partial charge in [-0.25, -0.2) is 17.5 Å². The fourth-order valence-electron chi connectivity index (χ4n) is 2.11. The van der Waals surface area contributed by atoms with E-state index in [1.807, 2.05) is 0 Å². The molecule has 9 heteroatoms. The maximum absolute atomic E-state index is 13.1. The van der Waals surface area contributed by atoms with E-state index >= 15 is 0 Å². The fraction of sp³-hybridized carbons (Fsp3) is 0.125. The van der Waals surface area contributed by atoms with Gasteiger partial charge < -0.3 is 4.52 Å². The van der Waals surface area contributed by atoms with Crippen LogP contribution in [0.15, 0.2) is 53.1 Å². The third-order valence-electron chi connectivity index (χ3n) is 3.26. The van der Waals surface area contributed by atoms with E-state index in [1.165, 1.54) is 24.3 Å². The topological polar surface area (TPSA) is 85.1 Å². The SMILES string of the molecule is O=S(=O)(Cc1cccc(F)c1)NCc1noc(-c2ccc(Cl)cc2)n1. The summed E-state index contributed by atoms with van der Waals surface area (Å²) in [6.45, 7) is -0.130. The first-order valence-corrected chi connectivity index (χ1v) is 9.25. The number of nitrogens with one attached hydrogen (secondary N) is 1. The van der Waals surface area contributed by atoms with Gasteiger partial charge in [0.2, 0.25) is 10.0 Å². The molecule has 2 aromatic carbocycles. The second-order valence-electron chi connectivity index (χ2n) is 5.23. The van der Waals surface area contributed by atoms with Crippen molar-refractivity contribution in [2.75, 3.05) is 0 Å². The average molecular weight is 382 g/mol. The van der Waals surface area contributed by atoms with Crippen molar-refractivity contribution in [2.45, 2.75) is 12.3 Å². The van der Waals surface area contributed by atoms with Gasteiger partial charge in [-0.3, -0.25) is 0 Å². The minimum Gasteiger partial charge on any atom is -0.334 e. The van der Waals surface area contributed by atoms with Crippen LogP contribution in [-0.4, -0.2) is 18.6 Å². The third kappa shape index (κ3) is 4.85. The highest BCUT2D eigenvalue weighted by Gasteiger charge is 2.15. The normalized spacial score (nSPS) is 11.6. The maximum atomic E-state index is 13.1. The minimum absolute atomic E-state index is 0.130. The summed E-state index contributed by atoms with van der Waals surface area (Å²) >= 11 is 5.81. The molecule has 0 spiro atoms. The van der Waals surface area contributed by atoms with E-state index in [4.69, 9.17) is 16.1 Å². The molecule has 0 amide bonds. The molecule has 0 aliphatic rings. The summed E-state index contributed by atoms with van der Waals surface area (Å²) in [6, 6.07) is 12.2. The Hall–Kier alpha value is -2.29. The molecule has 0 unspecified atom stereocenters. The van der Waals surface area contributed by atoms with Crippen LogP contribution in [0.2, 0.25) is 5.02 Å². The van der Waals surface area contributed by atoms with Crippen molar-refractivity contribution < 1.29 is 17.3 Å². The third-order valence-corrected chi connectivity index (χ3v) is 4.80. The Morgan fingerprint density at radius 3 is 2.64 bits per heavy atom. The summed E-state index contributed by atoms with van der Waals surface area (Å²) in [7, 11) is -3.67. The Balaban J connectivity index is 1.64. The smallest absolute Gasteiger partial charge is 0.257 e. The van der Waals surface area contributed by atoms with E-state index in [1.54, 1.807) is 24.3 Å². The van der Waals surface area contributed by atoms with Crippen LogP contribution in [0.5, 0.6) is 0 Å². The van der Waals surface area contributed by atoms with E-state index in [2.05, 4.69) is 14.9 Å². The van der Waals surface area contributed by atoms with Crippen LogP contribution in [0.3, 0.4) is 0 Å². The van der Waals surface area contributed by atoms with Crippen molar-refractivity contribution in [3.8, 4) is 11.5 Å². The summed E-state index contributed by atoms with van der Waals surface area (Å²) in [5.74, 6) is -0.380. The highest BCUT2D eigenvalue weighted by molar-refractivity contribution is 7.88. The molecule has 6 nitrogen and oxygen atoms in total. The van der Waals surface area contributed by atoms with Gasteiger partial charge in [0.1, 0.15) is 5.82 Å². The van der Waals surface area contributed by atoms with Crippen molar-refractivity contribution in [3.63, 3.8) is 0 Å². The minimum atomic E-state index is -3.67. The Bertz CT molecular complexity index is 974. The highest BCUT2D eigenvalue weighted by atomic mass is 35.5. The summed E-state index contributed by atoms with van der Waals surface area (Å²) < 4.78 is 44.7. The first kappa shape index (κ1) is 17.5. The maximum Gasteiger partial charge on any atom is 0.257 e. The highest BCUT2D eigenvalue weighted by Crippen LogP contribution is 2.19. The molecule has 130 valence electrons. The first-order chi connectivity index (χ1) is 11.9. The number of benzene rings is 2. The van der Waals surface area contributed by atoms with E-state index < -0.39 is 15.8 Å². The van der Waals surface area contributed by atoms with Crippen LogP contribution >= 0.6 is 11.6 Å². The van der Waals surface area contributed by atoms with Gasteiger partial charge in [-0.05, 0) is 42.0 Å². The van der Waals surface area contributed by atoms with Crippen LogP contribution < -0.4 is 4.72 Å². The molecule has 0 bridgehead atoms. The zero-order valence-electron chi connectivity index (χ0n) is 12.8. The lowest BCUT2D eigenvalue weighted by Crippen LogP contribution is -2.25. The molecule has 1 N–H and O–H groups in total. The molecule has 3 aromatic rings. The van der Waals surface area contributed by atoms with E-state index in [0.717, 1.165) is 0 Å². The van der Waals surface area contributed by atoms with E-state index in [-0.39, 0.29) is 24.0 Å². The lowest BCUT2D eigenvalue weighted by atomic mass is 10.2. The van der Waals surface area contributed by atoms with E-state index in [9.17, 15) is 12.8 Å². The molecule has 1 heterocycles. The summed E-state index contributed by atoms with van der Waals surface area (Å²) in [5, 5.41) is 4.31. The lowest BCUT2D eigenvalue weighted by Gasteiger charge is -2.04. The first-order valence-electron chi connectivity index (χ1n) is 7.22. The Morgan fingerprint density at radius 2 is 1.92 bits per heavy atom. The molecule has 3 rings (SSSR count). The molecule has 0 radical (unpaired) electrons. The van der Waals surface area contributed by atoms with Crippen molar-refractivity contribution in [2.24, 2.45) is 0 Å². The molecule has 0 aliphatic heterocycles. The molecule has 0 saturated carbocycles. The summed E-state index contributed by atoms with van der Waals surface area (Å²) in [4.78, 5) is 4.13. The van der Waals surface area contributed by atoms with Gasteiger partial charge >= 0.3 is 0 Å². The molecule has 0 fully saturated rings. The molecule has 25 heavy (non-hydrogen) atoms. The zero-order valence-corrected chi connectivity index (χ0v) is 14.4. The largest absolute Gasteiger partial charge is 0.334 e. The molecular weight excluding hydrogens is 369 g/mol. The van der Waals surface area contributed by atoms with Gasteiger partial charge in [-0.15, -0.1) is 0 Å². The van der Waals surface area contributed by atoms with Gasteiger partial charge in [0.25, 0.3) is 5.89 Å². The molecule has 0 saturated heterocycles. The van der Waals surface area contributed by atoms with Gasteiger partial charge in [0.05, 0.1) is 12.3 Å². The number of sulfonamides is 1. The molecule has 1 aromatic heterocycles. The van der Waals surface area contributed by atoms with Crippen molar-refractivity contribution in [1.82, 2.24) is 14.9 Å². The quantitative estimate of drug-likeness (QED) is 0.709. The molecule has 0 aliphatic carbocycles. The molecular formula is C16H13ClFN3O3S. The average Bonchev–Trinajstić information content (AvgIpc) is 3.02. The van der Waals surface area contributed by atoms with Crippen molar-refractivity contribution >= 4 is 21.6 Å². The number of halogens is 2. The van der Waals surface area contributed by atoms with Crippen molar-refractivity contribution in [3.05, 3.63) is 70.8 Å². The van der Waals surface area contributed by atoms with Gasteiger partial charge in [-0.2, -0.15) is 4.98 Å². The predicted molar refractivity (Wildman–Crippen MR) is 90.6 cm³/mol. The number of hydrogen-bond acceptors (Lipinski definition) is 5. The predicted octanol–water partition coefficient (Wildman–Crippen LogP) is 3.15. The second-order valence-corrected chi connectivity index (χ2v) is 7.48. The second kappa shape index (κ2) is 7.30. The fourth-order valence-corrected chi connectivity index (χ4v) is 3.30. The zero-order chi connectivity index (χ0) is 17.9. The Kier molecular flexibility index (Phi) is 5.12. The number of nitrogens with zero attached hydrogens (tertiary/aromatic N) is 2. The van der Waals surface area contributed by atoms with Crippen LogP contribution in [0, 0.1) is 5.82 Å². The van der Waals surface area contributed by atoms with E-state index in [0.29, 0.717) is 16.1 Å². The number of rotatable bonds is 6. The van der Waals surface area contributed by atoms with Crippen LogP contribution in [0.25, 0.3) is 11.5 Å². The Morgan fingerprint density at radius 1 is 1.16 bits per heavy atom. The van der Waals surface area contributed by atoms with Gasteiger partial charge in [0, 0.05) is 10.6 Å². The van der Waals surface area contributed by atoms with Crippen molar-refractivity contribution in [1.29, 1.82) is 0 Å². The summed E-state index contributed by atoms with van der Waals surface area (Å²) in [5.41, 5.74) is 1.02. The van der Waals surface area contributed by atoms with Crippen LogP contribution in [0.1, 0.15) is 11.4 Å². The lowest BCUT2D eigenvalue weighted by molar-refractivity contribution is 0.421. The number of aromatic nitrogens is 2. The molecule has 0 atom stereocenters. The van der Waals surface area contributed by atoms with Gasteiger partial charge in [0.15, 0.2) is 5.82 Å². The summed E-state index contributed by atoms with van der Waals surface area (Å²) in [6.07, 6.45) is 0.